The predicted molar refractivity (Wildman–Crippen MR) is 87.9 cm³/mol. The maximum Gasteiger partial charge on any atom is 0.335 e. The molecule has 0 aliphatic rings. The fraction of sp³-hybridized carbons (Fsp3) is 0.222. The van der Waals surface area contributed by atoms with Crippen LogP contribution in [0.2, 0.25) is 0 Å². The van der Waals surface area contributed by atoms with Crippen LogP contribution in [0, 0.1) is 0 Å². The summed E-state index contributed by atoms with van der Waals surface area (Å²) in [6.07, 6.45) is 0.417. The number of methoxy groups -OCH3 is 1. The topological polar surface area (TPSA) is 95.9 Å². The van der Waals surface area contributed by atoms with Gasteiger partial charge in [-0.05, 0) is 41.8 Å². The molecule has 0 heterocycles. The van der Waals surface area contributed by atoms with Gasteiger partial charge in [-0.15, -0.1) is 0 Å². The zero-order chi connectivity index (χ0) is 17.5. The highest BCUT2D eigenvalue weighted by Crippen LogP contribution is 2.12. The lowest BCUT2D eigenvalue weighted by Gasteiger charge is -2.17. The molecule has 0 amide bonds. The molecule has 126 valence electrons. The molecule has 2 aromatic rings. The first-order chi connectivity index (χ1) is 11.5. The molecule has 0 aromatic heterocycles. The van der Waals surface area contributed by atoms with Gasteiger partial charge in [-0.1, -0.05) is 24.3 Å². The number of carboxylic acid groups (broad SMARTS) is 1. The average Bonchev–Trinajstić information content (AvgIpc) is 2.60. The minimum Gasteiger partial charge on any atom is -0.508 e. The van der Waals surface area contributed by atoms with E-state index in [4.69, 9.17) is 9.84 Å². The van der Waals surface area contributed by atoms with E-state index in [1.54, 1.807) is 36.4 Å². The molecule has 0 spiro atoms. The van der Waals surface area contributed by atoms with E-state index in [2.05, 4.69) is 5.32 Å². The van der Waals surface area contributed by atoms with Crippen molar-refractivity contribution in [3.05, 3.63) is 65.2 Å². The van der Waals surface area contributed by atoms with Crippen molar-refractivity contribution < 1.29 is 24.5 Å². The third-order valence-electron chi connectivity index (χ3n) is 3.62. The predicted octanol–water partition coefficient (Wildman–Crippen LogP) is 1.96. The summed E-state index contributed by atoms with van der Waals surface area (Å²) < 4.78 is 4.82. The Hall–Kier alpha value is -2.86. The van der Waals surface area contributed by atoms with Crippen molar-refractivity contribution in [2.45, 2.75) is 19.0 Å². The summed E-state index contributed by atoms with van der Waals surface area (Å²) in [6, 6.07) is 12.5. The van der Waals surface area contributed by atoms with Crippen molar-refractivity contribution in [1.82, 2.24) is 5.32 Å². The monoisotopic (exact) mass is 329 g/mol. The highest BCUT2D eigenvalue weighted by atomic mass is 16.5. The minimum atomic E-state index is -0.978. The fourth-order valence-corrected chi connectivity index (χ4v) is 2.26. The second-order valence-corrected chi connectivity index (χ2v) is 5.33. The van der Waals surface area contributed by atoms with Gasteiger partial charge in [0.25, 0.3) is 0 Å². The number of esters is 1. The average molecular weight is 329 g/mol. The van der Waals surface area contributed by atoms with Crippen LogP contribution >= 0.6 is 0 Å². The van der Waals surface area contributed by atoms with Gasteiger partial charge in [0.15, 0.2) is 0 Å². The molecule has 0 bridgehead atoms. The Bertz CT molecular complexity index is 694. The zero-order valence-electron chi connectivity index (χ0n) is 13.2. The molecular weight excluding hydrogens is 310 g/mol. The number of nitrogens with one attached hydrogen (secondary N) is 1. The van der Waals surface area contributed by atoms with Crippen LogP contribution in [0.15, 0.2) is 48.5 Å². The first-order valence-corrected chi connectivity index (χ1v) is 7.41. The van der Waals surface area contributed by atoms with Gasteiger partial charge >= 0.3 is 11.9 Å². The van der Waals surface area contributed by atoms with Crippen LogP contribution in [0.3, 0.4) is 0 Å². The standard InChI is InChI=1S/C18H19NO5/c1-24-18(23)16(10-12-4-8-15(20)9-5-12)19-11-13-2-6-14(7-3-13)17(21)22/h2-9,16,19-20H,10-11H2,1H3,(H,21,22)/t16-/m0/s1. The maximum absolute atomic E-state index is 11.9. The molecule has 6 nitrogen and oxygen atoms in total. The van der Waals surface area contributed by atoms with Crippen molar-refractivity contribution >= 4 is 11.9 Å². The molecule has 24 heavy (non-hydrogen) atoms. The number of ether oxygens (including phenoxy) is 1. The van der Waals surface area contributed by atoms with Crippen LogP contribution in [0.5, 0.6) is 5.75 Å². The highest BCUT2D eigenvalue weighted by Gasteiger charge is 2.19. The van der Waals surface area contributed by atoms with Crippen LogP contribution in [0.1, 0.15) is 21.5 Å². The molecule has 0 radical (unpaired) electrons. The number of carbonyl (C=O) groups excluding carboxylic acids is 1. The summed E-state index contributed by atoms with van der Waals surface area (Å²) in [7, 11) is 1.33. The van der Waals surface area contributed by atoms with Gasteiger partial charge in [-0.2, -0.15) is 0 Å². The normalized spacial score (nSPS) is 11.7. The number of phenolic OH excluding ortho intramolecular Hbond substituents is 1. The number of hydrogen-bond acceptors (Lipinski definition) is 5. The van der Waals surface area contributed by atoms with Crippen molar-refractivity contribution in [2.75, 3.05) is 7.11 Å². The van der Waals surface area contributed by atoms with Gasteiger partial charge in [-0.25, -0.2) is 4.79 Å². The maximum atomic E-state index is 11.9. The Kier molecular flexibility index (Phi) is 5.92. The Morgan fingerprint density at radius 1 is 1.04 bits per heavy atom. The molecule has 0 unspecified atom stereocenters. The van der Waals surface area contributed by atoms with Gasteiger partial charge in [0, 0.05) is 6.54 Å². The van der Waals surface area contributed by atoms with Crippen LogP contribution in [-0.2, 0) is 22.5 Å². The molecule has 2 aromatic carbocycles. The van der Waals surface area contributed by atoms with Crippen molar-refractivity contribution in [1.29, 1.82) is 0 Å². The quantitative estimate of drug-likeness (QED) is 0.672. The van der Waals surface area contributed by atoms with E-state index in [1.807, 2.05) is 0 Å². The van der Waals surface area contributed by atoms with E-state index < -0.39 is 12.0 Å². The second-order valence-electron chi connectivity index (χ2n) is 5.33. The Morgan fingerprint density at radius 2 is 1.62 bits per heavy atom. The van der Waals surface area contributed by atoms with E-state index in [-0.39, 0.29) is 17.3 Å². The molecule has 0 saturated carbocycles. The summed E-state index contributed by atoms with van der Waals surface area (Å²) in [6.45, 7) is 0.401. The third kappa shape index (κ3) is 4.82. The van der Waals surface area contributed by atoms with Gasteiger partial charge in [-0.3, -0.25) is 4.79 Å². The lowest BCUT2D eigenvalue weighted by atomic mass is 10.1. The van der Waals surface area contributed by atoms with Gasteiger partial charge < -0.3 is 20.3 Å². The number of phenols is 1. The smallest absolute Gasteiger partial charge is 0.335 e. The van der Waals surface area contributed by atoms with Crippen molar-refractivity contribution in [3.8, 4) is 5.75 Å². The van der Waals surface area contributed by atoms with Crippen LogP contribution < -0.4 is 5.32 Å². The summed E-state index contributed by atoms with van der Waals surface area (Å²) in [5, 5.41) is 21.3. The number of carboxylic acids is 1. The Balaban J connectivity index is 2.01. The van der Waals surface area contributed by atoms with E-state index in [0.29, 0.717) is 13.0 Å². The lowest BCUT2D eigenvalue weighted by molar-refractivity contribution is -0.143. The van der Waals surface area contributed by atoms with Gasteiger partial charge in [0.1, 0.15) is 11.8 Å². The third-order valence-corrected chi connectivity index (χ3v) is 3.62. The van der Waals surface area contributed by atoms with E-state index in [9.17, 15) is 14.7 Å². The van der Waals surface area contributed by atoms with Crippen LogP contribution in [-0.4, -0.2) is 35.3 Å². The summed E-state index contributed by atoms with van der Waals surface area (Å²) in [4.78, 5) is 22.8. The molecule has 2 rings (SSSR count). The van der Waals surface area contributed by atoms with Gasteiger partial charge in [0.2, 0.25) is 0 Å². The van der Waals surface area contributed by atoms with Crippen LogP contribution in [0.4, 0.5) is 0 Å². The van der Waals surface area contributed by atoms with Crippen LogP contribution in [0.25, 0.3) is 0 Å². The largest absolute Gasteiger partial charge is 0.508 e. The Morgan fingerprint density at radius 3 is 2.17 bits per heavy atom. The van der Waals surface area contributed by atoms with Crippen molar-refractivity contribution in [3.63, 3.8) is 0 Å². The van der Waals surface area contributed by atoms with E-state index >= 15 is 0 Å². The zero-order valence-corrected chi connectivity index (χ0v) is 13.2. The SMILES string of the molecule is COC(=O)[C@H](Cc1ccc(O)cc1)NCc1ccc(C(=O)O)cc1. The Labute approximate surface area is 139 Å². The number of hydrogen-bond donors (Lipinski definition) is 3. The van der Waals surface area contributed by atoms with E-state index in [1.165, 1.54) is 19.2 Å². The molecule has 6 heteroatoms. The lowest BCUT2D eigenvalue weighted by Crippen LogP contribution is -2.39. The molecule has 0 fully saturated rings. The highest BCUT2D eigenvalue weighted by molar-refractivity contribution is 5.87. The number of aromatic carboxylic acids is 1. The number of carbonyl (C=O) groups is 2. The molecule has 0 aliphatic carbocycles. The number of aromatic hydroxyl groups is 1. The summed E-state index contributed by atoms with van der Waals surface area (Å²) >= 11 is 0. The minimum absolute atomic E-state index is 0.167. The van der Waals surface area contributed by atoms with E-state index in [0.717, 1.165) is 11.1 Å². The first-order valence-electron chi connectivity index (χ1n) is 7.41. The first kappa shape index (κ1) is 17.5. The molecule has 3 N–H and O–H groups in total. The molecule has 0 saturated heterocycles. The van der Waals surface area contributed by atoms with Crippen molar-refractivity contribution in [2.24, 2.45) is 0 Å². The molecular formula is C18H19NO5. The number of rotatable bonds is 7. The fourth-order valence-electron chi connectivity index (χ4n) is 2.26. The molecule has 1 atom stereocenters. The van der Waals surface area contributed by atoms with Gasteiger partial charge in [0.05, 0.1) is 12.7 Å². The summed E-state index contributed by atoms with van der Waals surface area (Å²) in [5.74, 6) is -1.20. The second kappa shape index (κ2) is 8.12. The molecule has 0 aliphatic heterocycles. The summed E-state index contributed by atoms with van der Waals surface area (Å²) in [5.41, 5.74) is 1.96. The number of benzene rings is 2.